The summed E-state index contributed by atoms with van der Waals surface area (Å²) < 4.78 is 7.56. The minimum Gasteiger partial charge on any atom is -0.375 e. The highest BCUT2D eigenvalue weighted by Gasteiger charge is 2.09. The molecule has 0 amide bonds. The van der Waals surface area contributed by atoms with Gasteiger partial charge in [-0.15, -0.1) is 0 Å². The largest absolute Gasteiger partial charge is 0.375 e. The summed E-state index contributed by atoms with van der Waals surface area (Å²) in [5.41, 5.74) is -0.0487. The van der Waals surface area contributed by atoms with Crippen LogP contribution in [0.25, 0.3) is 0 Å². The van der Waals surface area contributed by atoms with Crippen LogP contribution in [0.4, 0.5) is 0 Å². The fourth-order valence-corrected chi connectivity index (χ4v) is 1.42. The maximum absolute atomic E-state index is 5.63. The van der Waals surface area contributed by atoms with Gasteiger partial charge in [-0.2, -0.15) is 5.10 Å². The van der Waals surface area contributed by atoms with Gasteiger partial charge in [-0.25, -0.2) is 0 Å². The van der Waals surface area contributed by atoms with Crippen LogP contribution in [0.5, 0.6) is 0 Å². The van der Waals surface area contributed by atoms with Crippen LogP contribution < -0.4 is 5.32 Å². The zero-order chi connectivity index (χ0) is 12.0. The predicted molar refractivity (Wildman–Crippen MR) is 65.4 cm³/mol. The van der Waals surface area contributed by atoms with E-state index in [2.05, 4.69) is 38.1 Å². The highest BCUT2D eigenvalue weighted by molar-refractivity contribution is 4.79. The smallest absolute Gasteiger partial charge is 0.0599 e. The van der Waals surface area contributed by atoms with Crippen molar-refractivity contribution in [2.24, 2.45) is 0 Å². The summed E-state index contributed by atoms with van der Waals surface area (Å²) in [5, 5.41) is 7.58. The molecule has 16 heavy (non-hydrogen) atoms. The molecule has 0 radical (unpaired) electrons. The van der Waals surface area contributed by atoms with E-state index >= 15 is 0 Å². The lowest BCUT2D eigenvalue weighted by atomic mass is 10.2. The van der Waals surface area contributed by atoms with Gasteiger partial charge in [0.25, 0.3) is 0 Å². The van der Waals surface area contributed by atoms with Gasteiger partial charge < -0.3 is 10.1 Å². The van der Waals surface area contributed by atoms with Gasteiger partial charge in [-0.05, 0) is 33.8 Å². The van der Waals surface area contributed by atoms with Gasteiger partial charge in [-0.3, -0.25) is 4.68 Å². The molecule has 0 aliphatic rings. The van der Waals surface area contributed by atoms with E-state index in [1.54, 1.807) is 6.20 Å². The number of ether oxygens (including phenoxy) is 1. The molecule has 92 valence electrons. The van der Waals surface area contributed by atoms with Crippen molar-refractivity contribution in [3.8, 4) is 0 Å². The summed E-state index contributed by atoms with van der Waals surface area (Å²) >= 11 is 0. The summed E-state index contributed by atoms with van der Waals surface area (Å²) in [5.74, 6) is 0. The molecule has 0 bridgehead atoms. The van der Waals surface area contributed by atoms with Gasteiger partial charge in [0.1, 0.15) is 0 Å². The van der Waals surface area contributed by atoms with Gasteiger partial charge in [0, 0.05) is 25.0 Å². The standard InChI is InChI=1S/C12H23N3O/c1-11(10-15-8-5-6-14-15)13-7-9-16-12(2,3)4/h5-6,8,11,13H,7,9-10H2,1-4H3. The molecular weight excluding hydrogens is 202 g/mol. The quantitative estimate of drug-likeness (QED) is 0.749. The first-order valence-electron chi connectivity index (χ1n) is 5.82. The molecule has 1 atom stereocenters. The molecule has 0 saturated carbocycles. The molecule has 0 aliphatic heterocycles. The second kappa shape index (κ2) is 6.01. The molecule has 1 unspecified atom stereocenters. The molecule has 4 nitrogen and oxygen atoms in total. The Morgan fingerprint density at radius 3 is 2.75 bits per heavy atom. The third kappa shape index (κ3) is 5.88. The van der Waals surface area contributed by atoms with Crippen molar-refractivity contribution in [2.75, 3.05) is 13.2 Å². The van der Waals surface area contributed by atoms with E-state index in [-0.39, 0.29) is 5.60 Å². The normalized spacial score (nSPS) is 14.0. The summed E-state index contributed by atoms with van der Waals surface area (Å²) in [6, 6.07) is 2.35. The minimum absolute atomic E-state index is 0.0487. The molecular formula is C12H23N3O. The third-order valence-corrected chi connectivity index (χ3v) is 2.15. The topological polar surface area (TPSA) is 39.1 Å². The fourth-order valence-electron chi connectivity index (χ4n) is 1.42. The van der Waals surface area contributed by atoms with Crippen LogP contribution >= 0.6 is 0 Å². The van der Waals surface area contributed by atoms with Crippen LogP contribution in [-0.2, 0) is 11.3 Å². The molecule has 4 heteroatoms. The Morgan fingerprint density at radius 2 is 2.19 bits per heavy atom. The highest BCUT2D eigenvalue weighted by atomic mass is 16.5. The number of aromatic nitrogens is 2. The van der Waals surface area contributed by atoms with Gasteiger partial charge in [0.05, 0.1) is 18.8 Å². The molecule has 0 aliphatic carbocycles. The summed E-state index contributed by atoms with van der Waals surface area (Å²) in [6.45, 7) is 10.9. The van der Waals surface area contributed by atoms with Crippen molar-refractivity contribution in [1.29, 1.82) is 0 Å². The molecule has 0 saturated heterocycles. The molecule has 1 heterocycles. The predicted octanol–water partition coefficient (Wildman–Crippen LogP) is 1.68. The lowest BCUT2D eigenvalue weighted by Crippen LogP contribution is -2.34. The van der Waals surface area contributed by atoms with Crippen molar-refractivity contribution in [3.05, 3.63) is 18.5 Å². The molecule has 1 aromatic heterocycles. The van der Waals surface area contributed by atoms with Crippen molar-refractivity contribution in [1.82, 2.24) is 15.1 Å². The van der Waals surface area contributed by atoms with Crippen LogP contribution in [0.2, 0.25) is 0 Å². The summed E-state index contributed by atoms with van der Waals surface area (Å²) in [6.07, 6.45) is 3.78. The third-order valence-electron chi connectivity index (χ3n) is 2.15. The minimum atomic E-state index is -0.0487. The number of hydrogen-bond donors (Lipinski definition) is 1. The Bertz CT molecular complexity index is 277. The van der Waals surface area contributed by atoms with E-state index in [0.29, 0.717) is 6.04 Å². The Kier molecular flexibility index (Phi) is 4.96. The molecule has 0 spiro atoms. The second-order valence-electron chi connectivity index (χ2n) is 5.04. The lowest BCUT2D eigenvalue weighted by Gasteiger charge is -2.21. The van der Waals surface area contributed by atoms with Crippen LogP contribution in [0, 0.1) is 0 Å². The second-order valence-corrected chi connectivity index (χ2v) is 5.04. The molecule has 1 N–H and O–H groups in total. The summed E-state index contributed by atoms with van der Waals surface area (Å²) in [7, 11) is 0. The highest BCUT2D eigenvalue weighted by Crippen LogP contribution is 2.05. The maximum atomic E-state index is 5.63. The van der Waals surface area contributed by atoms with Crippen molar-refractivity contribution >= 4 is 0 Å². The average Bonchev–Trinajstić information content (AvgIpc) is 2.63. The van der Waals surface area contributed by atoms with E-state index in [0.717, 1.165) is 19.7 Å². The Balaban J connectivity index is 2.09. The van der Waals surface area contributed by atoms with Crippen LogP contribution in [-0.4, -0.2) is 34.6 Å². The van der Waals surface area contributed by atoms with Crippen molar-refractivity contribution in [2.45, 2.75) is 45.9 Å². The zero-order valence-electron chi connectivity index (χ0n) is 10.7. The number of rotatable bonds is 6. The SMILES string of the molecule is CC(Cn1cccn1)NCCOC(C)(C)C. The first-order chi connectivity index (χ1) is 7.47. The van der Waals surface area contributed by atoms with Crippen molar-refractivity contribution < 1.29 is 4.74 Å². The zero-order valence-corrected chi connectivity index (χ0v) is 10.7. The van der Waals surface area contributed by atoms with Crippen LogP contribution in [0.1, 0.15) is 27.7 Å². The first kappa shape index (κ1) is 13.2. The molecule has 1 rings (SSSR count). The Labute approximate surface area is 98.0 Å². The van der Waals surface area contributed by atoms with E-state index in [9.17, 15) is 0 Å². The number of hydrogen-bond acceptors (Lipinski definition) is 3. The van der Waals surface area contributed by atoms with Gasteiger partial charge in [0.2, 0.25) is 0 Å². The number of nitrogens with zero attached hydrogens (tertiary/aromatic N) is 2. The molecule has 0 aromatic carbocycles. The van der Waals surface area contributed by atoms with Crippen molar-refractivity contribution in [3.63, 3.8) is 0 Å². The number of nitrogens with one attached hydrogen (secondary N) is 1. The van der Waals surface area contributed by atoms with Gasteiger partial charge in [-0.1, -0.05) is 0 Å². The van der Waals surface area contributed by atoms with Crippen LogP contribution in [0.3, 0.4) is 0 Å². The van der Waals surface area contributed by atoms with E-state index in [1.807, 2.05) is 16.9 Å². The van der Waals surface area contributed by atoms with Crippen LogP contribution in [0.15, 0.2) is 18.5 Å². The van der Waals surface area contributed by atoms with E-state index < -0.39 is 0 Å². The fraction of sp³-hybridized carbons (Fsp3) is 0.750. The average molecular weight is 225 g/mol. The van der Waals surface area contributed by atoms with Gasteiger partial charge >= 0.3 is 0 Å². The summed E-state index contributed by atoms with van der Waals surface area (Å²) in [4.78, 5) is 0. The lowest BCUT2D eigenvalue weighted by molar-refractivity contribution is -0.00164. The van der Waals surface area contributed by atoms with Gasteiger partial charge in [0.15, 0.2) is 0 Å². The van der Waals surface area contributed by atoms with E-state index in [4.69, 9.17) is 4.74 Å². The monoisotopic (exact) mass is 225 g/mol. The molecule has 0 fully saturated rings. The Hall–Kier alpha value is -0.870. The molecule has 1 aromatic rings. The first-order valence-corrected chi connectivity index (χ1v) is 5.82. The maximum Gasteiger partial charge on any atom is 0.0599 e. The van der Waals surface area contributed by atoms with E-state index in [1.165, 1.54) is 0 Å². The Morgan fingerprint density at radius 1 is 1.44 bits per heavy atom.